The van der Waals surface area contributed by atoms with Crippen LogP contribution in [-0.2, 0) is 27.4 Å². The first-order valence-corrected chi connectivity index (χ1v) is 13.1. The Morgan fingerprint density at radius 3 is 2.56 bits per heavy atom. The van der Waals surface area contributed by atoms with Gasteiger partial charge in [-0.15, -0.1) is 11.3 Å². The first-order valence-electron chi connectivity index (χ1n) is 10.7. The summed E-state index contributed by atoms with van der Waals surface area (Å²) in [6.45, 7) is 0. The Bertz CT molecular complexity index is 1390. The number of halogens is 4. The van der Waals surface area contributed by atoms with Crippen LogP contribution < -0.4 is 4.72 Å². The Morgan fingerprint density at radius 2 is 1.94 bits per heavy atom. The second-order valence-electron chi connectivity index (χ2n) is 8.53. The van der Waals surface area contributed by atoms with E-state index >= 15 is 0 Å². The molecule has 1 atom stereocenters. The Kier molecular flexibility index (Phi) is 7.12. The molecule has 1 N–H and O–H groups in total. The number of benzene rings is 1. The van der Waals surface area contributed by atoms with Crippen LogP contribution in [-0.4, -0.2) is 53.4 Å². The Balaban J connectivity index is 1.51. The summed E-state index contributed by atoms with van der Waals surface area (Å²) in [5.74, 6) is -1.18. The van der Waals surface area contributed by atoms with Crippen molar-refractivity contribution in [3.63, 3.8) is 0 Å². The van der Waals surface area contributed by atoms with Gasteiger partial charge >= 0.3 is 6.18 Å². The van der Waals surface area contributed by atoms with Gasteiger partial charge in [-0.3, -0.25) is 19.4 Å². The number of hydrogen-bond donors (Lipinski definition) is 1. The fraction of sp³-hybridized carbons (Fsp3) is 0.364. The number of ketones is 1. The summed E-state index contributed by atoms with van der Waals surface area (Å²) < 4.78 is 80.3. The van der Waals surface area contributed by atoms with E-state index in [0.717, 1.165) is 23.6 Å². The SMILES string of the molecule is CN(C)C(C(=O)Cc1ccc(-c2cncc(C(F)(F)F)n2)cc1F)c1csc(NS(=O)(=O)C2CC2)n1. The normalized spacial score (nSPS) is 15.2. The van der Waals surface area contributed by atoms with Gasteiger partial charge in [-0.2, -0.15) is 13.2 Å². The maximum atomic E-state index is 14.8. The number of nitrogens with zero attached hydrogens (tertiary/aromatic N) is 4. The van der Waals surface area contributed by atoms with E-state index in [2.05, 4.69) is 19.7 Å². The van der Waals surface area contributed by atoms with Gasteiger partial charge < -0.3 is 0 Å². The third-order valence-corrected chi connectivity index (χ3v) is 8.19. The zero-order valence-electron chi connectivity index (χ0n) is 19.1. The average Bonchev–Trinajstić information content (AvgIpc) is 3.57. The van der Waals surface area contributed by atoms with E-state index in [1.54, 1.807) is 24.4 Å². The van der Waals surface area contributed by atoms with Crippen LogP contribution >= 0.6 is 11.3 Å². The third-order valence-electron chi connectivity index (χ3n) is 5.45. The number of aromatic nitrogens is 3. The van der Waals surface area contributed by atoms with Gasteiger partial charge in [0.25, 0.3) is 0 Å². The van der Waals surface area contributed by atoms with Gasteiger partial charge in [-0.25, -0.2) is 22.8 Å². The molecule has 36 heavy (non-hydrogen) atoms. The van der Waals surface area contributed by atoms with Crippen molar-refractivity contribution in [3.05, 3.63) is 58.7 Å². The molecular formula is C22H21F4N5O3S2. The highest BCUT2D eigenvalue weighted by molar-refractivity contribution is 7.93. The Hall–Kier alpha value is -2.97. The van der Waals surface area contributed by atoms with E-state index in [1.165, 1.54) is 12.1 Å². The fourth-order valence-corrected chi connectivity index (χ4v) is 5.86. The van der Waals surface area contributed by atoms with Gasteiger partial charge in [0.15, 0.2) is 16.6 Å². The van der Waals surface area contributed by atoms with Crippen molar-refractivity contribution in [2.24, 2.45) is 0 Å². The van der Waals surface area contributed by atoms with E-state index in [1.807, 2.05) is 0 Å². The Morgan fingerprint density at radius 1 is 1.22 bits per heavy atom. The number of sulfonamides is 1. The van der Waals surface area contributed by atoms with Crippen LogP contribution in [0.1, 0.15) is 35.8 Å². The molecule has 1 saturated carbocycles. The maximum absolute atomic E-state index is 14.8. The summed E-state index contributed by atoms with van der Waals surface area (Å²) >= 11 is 1.05. The number of Topliss-reactive ketones (excluding diaryl/α,β-unsaturated/α-hetero) is 1. The van der Waals surface area contributed by atoms with Gasteiger partial charge in [0.05, 0.1) is 29.0 Å². The largest absolute Gasteiger partial charge is 0.434 e. The van der Waals surface area contributed by atoms with Gasteiger partial charge in [0, 0.05) is 17.4 Å². The van der Waals surface area contributed by atoms with E-state index in [9.17, 15) is 30.8 Å². The topological polar surface area (TPSA) is 105 Å². The first-order chi connectivity index (χ1) is 16.8. The quantitative estimate of drug-likeness (QED) is 0.406. The third kappa shape index (κ3) is 5.87. The number of nitrogens with one attached hydrogen (secondary N) is 1. The molecule has 14 heteroatoms. The fourth-order valence-electron chi connectivity index (χ4n) is 3.54. The van der Waals surface area contributed by atoms with Crippen LogP contribution in [0, 0.1) is 5.82 Å². The molecule has 0 amide bonds. The molecule has 0 bridgehead atoms. The van der Waals surface area contributed by atoms with Crippen molar-refractivity contribution in [1.29, 1.82) is 0 Å². The van der Waals surface area contributed by atoms with Crippen LogP contribution in [0.5, 0.6) is 0 Å². The molecule has 2 heterocycles. The zero-order chi connectivity index (χ0) is 26.3. The summed E-state index contributed by atoms with van der Waals surface area (Å²) in [7, 11) is -0.226. The van der Waals surface area contributed by atoms with Crippen molar-refractivity contribution in [2.45, 2.75) is 36.7 Å². The number of thiazole rings is 1. The lowest BCUT2D eigenvalue weighted by atomic mass is 9.99. The lowest BCUT2D eigenvalue weighted by Gasteiger charge is -2.21. The minimum Gasteiger partial charge on any atom is -0.297 e. The van der Waals surface area contributed by atoms with E-state index in [4.69, 9.17) is 0 Å². The summed E-state index contributed by atoms with van der Waals surface area (Å²) in [5, 5.41) is 1.29. The van der Waals surface area contributed by atoms with E-state index in [0.29, 0.717) is 24.7 Å². The summed E-state index contributed by atoms with van der Waals surface area (Å²) in [5.41, 5.74) is -0.911. The molecule has 0 radical (unpaired) electrons. The summed E-state index contributed by atoms with van der Waals surface area (Å²) in [4.78, 5) is 26.0. The van der Waals surface area contributed by atoms with Crippen molar-refractivity contribution in [2.75, 3.05) is 18.8 Å². The molecule has 2 aromatic heterocycles. The van der Waals surface area contributed by atoms with Gasteiger partial charge in [-0.05, 0) is 38.6 Å². The van der Waals surface area contributed by atoms with Gasteiger partial charge in [0.1, 0.15) is 11.9 Å². The van der Waals surface area contributed by atoms with Crippen molar-refractivity contribution >= 4 is 32.3 Å². The second-order valence-corrected chi connectivity index (χ2v) is 11.3. The number of alkyl halides is 3. The standard InChI is InChI=1S/C22H21F4N5O3S2/c1-31(2)20(17-11-35-21(29-17)30-36(33,34)14-5-6-14)18(32)8-12-3-4-13(7-15(12)23)16-9-27-10-19(28-16)22(24,25)26/h3-4,7,9-11,14,20H,5-6,8H2,1-2H3,(H,29,30). The van der Waals surface area contributed by atoms with Crippen LogP contribution in [0.3, 0.4) is 0 Å². The Labute approximate surface area is 208 Å². The molecule has 1 unspecified atom stereocenters. The smallest absolute Gasteiger partial charge is 0.297 e. The summed E-state index contributed by atoms with van der Waals surface area (Å²) in [6, 6.07) is 2.82. The highest BCUT2D eigenvalue weighted by atomic mass is 32.2. The number of likely N-dealkylation sites (N-methyl/N-ethyl adjacent to an activating group) is 1. The van der Waals surface area contributed by atoms with Crippen molar-refractivity contribution in [1.82, 2.24) is 19.9 Å². The van der Waals surface area contributed by atoms with Crippen LogP contribution in [0.15, 0.2) is 36.0 Å². The van der Waals surface area contributed by atoms with Crippen molar-refractivity contribution in [3.8, 4) is 11.3 Å². The van der Waals surface area contributed by atoms with Crippen LogP contribution in [0.2, 0.25) is 0 Å². The number of carbonyl (C=O) groups excluding carboxylic acids is 1. The highest BCUT2D eigenvalue weighted by Crippen LogP contribution is 2.33. The number of carbonyl (C=O) groups is 1. The minimum atomic E-state index is -4.69. The van der Waals surface area contributed by atoms with Gasteiger partial charge in [-0.1, -0.05) is 12.1 Å². The predicted molar refractivity (Wildman–Crippen MR) is 125 cm³/mol. The predicted octanol–water partition coefficient (Wildman–Crippen LogP) is 4.08. The number of hydrogen-bond acceptors (Lipinski definition) is 8. The molecular weight excluding hydrogens is 522 g/mol. The number of rotatable bonds is 9. The van der Waals surface area contributed by atoms with E-state index in [-0.39, 0.29) is 28.4 Å². The second kappa shape index (κ2) is 9.82. The lowest BCUT2D eigenvalue weighted by molar-refractivity contribution is -0.141. The lowest BCUT2D eigenvalue weighted by Crippen LogP contribution is -2.29. The molecule has 0 aliphatic heterocycles. The molecule has 1 aliphatic carbocycles. The van der Waals surface area contributed by atoms with Crippen LogP contribution in [0.25, 0.3) is 11.3 Å². The molecule has 0 spiro atoms. The molecule has 4 rings (SSSR count). The molecule has 8 nitrogen and oxygen atoms in total. The number of anilines is 1. The molecule has 1 fully saturated rings. The van der Waals surface area contributed by atoms with E-state index < -0.39 is 44.8 Å². The summed E-state index contributed by atoms with van der Waals surface area (Å²) in [6.07, 6.45) is -2.15. The minimum absolute atomic E-state index is 0.0421. The average molecular weight is 544 g/mol. The van der Waals surface area contributed by atoms with Crippen molar-refractivity contribution < 1.29 is 30.8 Å². The molecule has 3 aromatic rings. The maximum Gasteiger partial charge on any atom is 0.434 e. The zero-order valence-corrected chi connectivity index (χ0v) is 20.7. The monoisotopic (exact) mass is 543 g/mol. The highest BCUT2D eigenvalue weighted by Gasteiger charge is 2.37. The van der Waals surface area contributed by atoms with Crippen LogP contribution in [0.4, 0.5) is 22.7 Å². The molecule has 0 saturated heterocycles. The first kappa shape index (κ1) is 26.1. The molecule has 192 valence electrons. The molecule has 1 aromatic carbocycles. The molecule has 1 aliphatic rings. The van der Waals surface area contributed by atoms with Gasteiger partial charge in [0.2, 0.25) is 10.0 Å².